The number of rotatable bonds is 3. The van der Waals surface area contributed by atoms with E-state index in [4.69, 9.17) is 5.21 Å². The molecule has 138 valence electrons. The summed E-state index contributed by atoms with van der Waals surface area (Å²) in [5.74, 6) is 0.278. The van der Waals surface area contributed by atoms with Crippen molar-refractivity contribution in [3.8, 4) is 0 Å². The van der Waals surface area contributed by atoms with Crippen LogP contribution in [-0.2, 0) is 9.59 Å². The fraction of sp³-hybridized carbons (Fsp3) is 0.684. The van der Waals surface area contributed by atoms with Gasteiger partial charge in [-0.3, -0.25) is 14.8 Å². The number of amides is 2. The van der Waals surface area contributed by atoms with Crippen molar-refractivity contribution in [2.45, 2.75) is 46.0 Å². The standard InChI is InChI=1S/C19H29N3O3/c1-12-15-5-3-14(17(23)22-25)11-13(15)4-6-16(12)21-18(24)19(2)7-9-20-10-8-19/h4,6,12,14-15,20,25H,3,5,7-11H2,1-2H3,(H,21,24)(H,22,23). The highest BCUT2D eigenvalue weighted by atomic mass is 16.5. The lowest BCUT2D eigenvalue weighted by Gasteiger charge is -2.39. The molecule has 2 fully saturated rings. The van der Waals surface area contributed by atoms with E-state index in [2.05, 4.69) is 30.6 Å². The Kier molecular flexibility index (Phi) is 5.29. The van der Waals surface area contributed by atoms with E-state index in [9.17, 15) is 9.59 Å². The number of hydroxylamine groups is 1. The monoisotopic (exact) mass is 347 g/mol. The van der Waals surface area contributed by atoms with Crippen molar-refractivity contribution in [1.29, 1.82) is 0 Å². The summed E-state index contributed by atoms with van der Waals surface area (Å²) in [4.78, 5) is 24.5. The predicted molar refractivity (Wildman–Crippen MR) is 94.4 cm³/mol. The molecule has 2 amide bonds. The van der Waals surface area contributed by atoms with Crippen LogP contribution in [-0.4, -0.2) is 30.1 Å². The molecule has 3 rings (SSSR count). The molecule has 25 heavy (non-hydrogen) atoms. The van der Waals surface area contributed by atoms with Gasteiger partial charge in [0, 0.05) is 22.9 Å². The highest BCUT2D eigenvalue weighted by Crippen LogP contribution is 2.42. The van der Waals surface area contributed by atoms with Crippen molar-refractivity contribution >= 4 is 11.8 Å². The summed E-state index contributed by atoms with van der Waals surface area (Å²) < 4.78 is 0. The lowest BCUT2D eigenvalue weighted by Crippen LogP contribution is -2.47. The molecule has 2 aliphatic carbocycles. The van der Waals surface area contributed by atoms with Crippen molar-refractivity contribution in [3.63, 3.8) is 0 Å². The second-order valence-corrected chi connectivity index (χ2v) is 7.98. The molecular formula is C19H29N3O3. The number of carbonyl (C=O) groups excluding carboxylic acids is 2. The summed E-state index contributed by atoms with van der Waals surface area (Å²) in [6.07, 6.45) is 8.14. The highest BCUT2D eigenvalue weighted by molar-refractivity contribution is 5.84. The maximum Gasteiger partial charge on any atom is 0.246 e. The third-order valence-corrected chi connectivity index (χ3v) is 6.35. The van der Waals surface area contributed by atoms with Crippen molar-refractivity contribution in [2.24, 2.45) is 23.2 Å². The van der Waals surface area contributed by atoms with Gasteiger partial charge >= 0.3 is 0 Å². The first kappa shape index (κ1) is 18.1. The Morgan fingerprint density at radius 1 is 1.24 bits per heavy atom. The van der Waals surface area contributed by atoms with Crippen LogP contribution in [0.4, 0.5) is 0 Å². The molecule has 0 radical (unpaired) electrons. The van der Waals surface area contributed by atoms with Gasteiger partial charge in [0.05, 0.1) is 0 Å². The number of hydrogen-bond acceptors (Lipinski definition) is 4. The molecule has 6 heteroatoms. The van der Waals surface area contributed by atoms with Gasteiger partial charge in [-0.05, 0) is 57.2 Å². The molecule has 0 aromatic carbocycles. The van der Waals surface area contributed by atoms with E-state index in [-0.39, 0.29) is 29.1 Å². The first-order valence-corrected chi connectivity index (χ1v) is 9.31. The zero-order valence-corrected chi connectivity index (χ0v) is 15.1. The predicted octanol–water partition coefficient (Wildman–Crippen LogP) is 1.87. The van der Waals surface area contributed by atoms with E-state index in [0.717, 1.165) is 44.5 Å². The Labute approximate surface area is 149 Å². The maximum absolute atomic E-state index is 12.8. The minimum Gasteiger partial charge on any atom is -0.329 e. The van der Waals surface area contributed by atoms with E-state index in [1.807, 2.05) is 6.08 Å². The number of piperidine rings is 1. The maximum atomic E-state index is 12.8. The molecule has 6 nitrogen and oxygen atoms in total. The minimum absolute atomic E-state index is 0.122. The van der Waals surface area contributed by atoms with Crippen LogP contribution in [0, 0.1) is 23.2 Å². The molecule has 0 spiro atoms. The normalized spacial score (nSPS) is 31.2. The Morgan fingerprint density at radius 2 is 1.96 bits per heavy atom. The van der Waals surface area contributed by atoms with Gasteiger partial charge in [-0.1, -0.05) is 25.5 Å². The summed E-state index contributed by atoms with van der Waals surface area (Å²) in [6.45, 7) is 5.98. The fourth-order valence-electron chi connectivity index (χ4n) is 4.39. The van der Waals surface area contributed by atoms with E-state index in [0.29, 0.717) is 12.3 Å². The first-order valence-electron chi connectivity index (χ1n) is 9.31. The number of allylic oxidation sites excluding steroid dienone is 4. The van der Waals surface area contributed by atoms with Crippen LogP contribution >= 0.6 is 0 Å². The van der Waals surface area contributed by atoms with Crippen LogP contribution in [0.15, 0.2) is 23.4 Å². The fourth-order valence-corrected chi connectivity index (χ4v) is 4.39. The number of nitrogens with one attached hydrogen (secondary N) is 3. The molecule has 4 N–H and O–H groups in total. The first-order chi connectivity index (χ1) is 11.9. The zero-order valence-electron chi connectivity index (χ0n) is 15.1. The Balaban J connectivity index is 1.69. The molecule has 0 aromatic heterocycles. The minimum atomic E-state index is -0.299. The average molecular weight is 347 g/mol. The third kappa shape index (κ3) is 3.65. The summed E-state index contributed by atoms with van der Waals surface area (Å²) in [7, 11) is 0. The van der Waals surface area contributed by atoms with E-state index < -0.39 is 0 Å². The van der Waals surface area contributed by atoms with E-state index in [1.165, 1.54) is 5.57 Å². The van der Waals surface area contributed by atoms with Crippen molar-refractivity contribution in [3.05, 3.63) is 23.4 Å². The quantitative estimate of drug-likeness (QED) is 0.463. The van der Waals surface area contributed by atoms with Crippen LogP contribution in [0.25, 0.3) is 0 Å². The number of hydrogen-bond donors (Lipinski definition) is 4. The molecule has 3 aliphatic rings. The molecule has 1 heterocycles. The van der Waals surface area contributed by atoms with Gasteiger partial charge in [-0.15, -0.1) is 0 Å². The molecular weight excluding hydrogens is 318 g/mol. The topological polar surface area (TPSA) is 90.5 Å². The summed E-state index contributed by atoms with van der Waals surface area (Å²) >= 11 is 0. The van der Waals surface area contributed by atoms with Gasteiger partial charge in [-0.2, -0.15) is 0 Å². The van der Waals surface area contributed by atoms with E-state index >= 15 is 0 Å². The van der Waals surface area contributed by atoms with Crippen LogP contribution in [0.3, 0.4) is 0 Å². The smallest absolute Gasteiger partial charge is 0.246 e. The molecule has 1 saturated heterocycles. The lowest BCUT2D eigenvalue weighted by molar-refractivity contribution is -0.134. The van der Waals surface area contributed by atoms with Crippen LogP contribution in [0.2, 0.25) is 0 Å². The highest BCUT2D eigenvalue weighted by Gasteiger charge is 2.38. The molecule has 3 atom stereocenters. The number of carbonyl (C=O) groups is 2. The van der Waals surface area contributed by atoms with Gasteiger partial charge < -0.3 is 10.6 Å². The summed E-state index contributed by atoms with van der Waals surface area (Å²) in [5.41, 5.74) is 3.71. The van der Waals surface area contributed by atoms with Crippen LogP contribution < -0.4 is 16.1 Å². The zero-order chi connectivity index (χ0) is 18.0. The van der Waals surface area contributed by atoms with Gasteiger partial charge in [-0.25, -0.2) is 5.48 Å². The largest absolute Gasteiger partial charge is 0.329 e. The van der Waals surface area contributed by atoms with Gasteiger partial charge in [0.1, 0.15) is 0 Å². The lowest BCUT2D eigenvalue weighted by atomic mass is 9.69. The van der Waals surface area contributed by atoms with E-state index in [1.54, 1.807) is 5.48 Å². The molecule has 0 aromatic rings. The molecule has 3 unspecified atom stereocenters. The van der Waals surface area contributed by atoms with Gasteiger partial charge in [0.25, 0.3) is 0 Å². The van der Waals surface area contributed by atoms with Crippen molar-refractivity contribution in [1.82, 2.24) is 16.1 Å². The number of fused-ring (bicyclic) bond motifs is 1. The average Bonchev–Trinajstić information content (AvgIpc) is 2.63. The van der Waals surface area contributed by atoms with Gasteiger partial charge in [0.15, 0.2) is 0 Å². The molecule has 0 bridgehead atoms. The van der Waals surface area contributed by atoms with Crippen LogP contribution in [0.1, 0.15) is 46.0 Å². The SMILES string of the molecule is CC1C(NC(=O)C2(C)CCNCC2)=CC=C2CC(C(=O)NO)CCC21. The second kappa shape index (κ2) is 7.30. The Hall–Kier alpha value is -1.66. The molecule has 1 saturated carbocycles. The van der Waals surface area contributed by atoms with Crippen molar-refractivity contribution < 1.29 is 14.8 Å². The summed E-state index contributed by atoms with van der Waals surface area (Å²) in [6, 6.07) is 0. The van der Waals surface area contributed by atoms with Gasteiger partial charge in [0.2, 0.25) is 11.8 Å². The second-order valence-electron chi connectivity index (χ2n) is 7.98. The van der Waals surface area contributed by atoms with Crippen LogP contribution in [0.5, 0.6) is 0 Å². The Morgan fingerprint density at radius 3 is 2.64 bits per heavy atom. The summed E-state index contributed by atoms with van der Waals surface area (Å²) in [5, 5.41) is 15.3. The Bertz CT molecular complexity index is 605. The molecule has 1 aliphatic heterocycles. The third-order valence-electron chi connectivity index (χ3n) is 6.35. The van der Waals surface area contributed by atoms with Crippen molar-refractivity contribution in [2.75, 3.05) is 13.1 Å².